The molecule has 0 saturated carbocycles. The van der Waals surface area contributed by atoms with Gasteiger partial charge in [-0.3, -0.25) is 4.57 Å². The Bertz CT molecular complexity index is 909. The number of alkyl halides is 3. The van der Waals surface area contributed by atoms with Crippen molar-refractivity contribution in [3.8, 4) is 0 Å². The van der Waals surface area contributed by atoms with Gasteiger partial charge in [0.2, 0.25) is 0 Å². The molecule has 2 aromatic rings. The van der Waals surface area contributed by atoms with Gasteiger partial charge in [0.25, 0.3) is 5.17 Å². The van der Waals surface area contributed by atoms with Gasteiger partial charge in [-0.15, -0.1) is 0 Å². The van der Waals surface area contributed by atoms with E-state index in [9.17, 15) is 18.0 Å². The van der Waals surface area contributed by atoms with Crippen molar-refractivity contribution in [2.45, 2.75) is 57.5 Å². The first-order chi connectivity index (χ1) is 14.5. The highest BCUT2D eigenvalue weighted by Crippen LogP contribution is 2.36. The zero-order valence-corrected chi connectivity index (χ0v) is 18.2. The van der Waals surface area contributed by atoms with Crippen molar-refractivity contribution in [1.82, 2.24) is 14.5 Å². The number of rotatable bonds is 3. The van der Waals surface area contributed by atoms with Crippen LogP contribution in [0, 0.1) is 0 Å². The van der Waals surface area contributed by atoms with Gasteiger partial charge in [-0.25, -0.2) is 9.78 Å². The molecule has 1 amide bonds. The first kappa shape index (κ1) is 23.1. The van der Waals surface area contributed by atoms with E-state index in [2.05, 4.69) is 4.98 Å². The molecule has 0 N–H and O–H groups in total. The minimum atomic E-state index is -4.45. The molecule has 6 nitrogen and oxygen atoms in total. The lowest BCUT2D eigenvalue weighted by molar-refractivity contribution is -0.137. The second-order valence-corrected chi connectivity index (χ2v) is 8.63. The van der Waals surface area contributed by atoms with Gasteiger partial charge >= 0.3 is 12.3 Å². The van der Waals surface area contributed by atoms with E-state index in [0.717, 1.165) is 12.1 Å². The van der Waals surface area contributed by atoms with Crippen LogP contribution in [0.4, 0.5) is 18.0 Å². The van der Waals surface area contributed by atoms with E-state index in [-0.39, 0.29) is 5.17 Å². The predicted octanol–water partition coefficient (Wildman–Crippen LogP) is 5.19. The smallest absolute Gasteiger partial charge is 0.416 e. The number of aromatic nitrogens is 2. The molecule has 0 radical (unpaired) electrons. The molecule has 2 atom stereocenters. The number of halogens is 3. The zero-order valence-electron chi connectivity index (χ0n) is 17.4. The highest BCUT2D eigenvalue weighted by atomic mass is 32.1. The average Bonchev–Trinajstić information content (AvgIpc) is 3.36. The second-order valence-electron chi connectivity index (χ2n) is 8.28. The largest absolute Gasteiger partial charge is 0.460 e. The Balaban J connectivity index is 1.91. The third-order valence-corrected chi connectivity index (χ3v) is 5.09. The van der Waals surface area contributed by atoms with Crippen LogP contribution in [0.15, 0.2) is 43.0 Å². The van der Waals surface area contributed by atoms with E-state index >= 15 is 0 Å². The lowest BCUT2D eigenvalue weighted by atomic mass is 9.99. The Morgan fingerprint density at radius 3 is 2.45 bits per heavy atom. The van der Waals surface area contributed by atoms with Crippen molar-refractivity contribution in [1.29, 1.82) is 0 Å². The summed E-state index contributed by atoms with van der Waals surface area (Å²) in [6.07, 6.45) is 0.192. The SMILES string of the molecule is CC(C)(C)OC(=O)N1CCC[C@H]1C(OC(=S)n1ccnc1)c1ccc(C(F)(F)F)cc1. The maximum absolute atomic E-state index is 13.0. The maximum Gasteiger partial charge on any atom is 0.416 e. The predicted molar refractivity (Wildman–Crippen MR) is 111 cm³/mol. The Morgan fingerprint density at radius 2 is 1.90 bits per heavy atom. The van der Waals surface area contributed by atoms with Crippen LogP contribution in [0.5, 0.6) is 0 Å². The Labute approximate surface area is 184 Å². The lowest BCUT2D eigenvalue weighted by Gasteiger charge is -2.33. The summed E-state index contributed by atoms with van der Waals surface area (Å²) in [6.45, 7) is 5.77. The van der Waals surface area contributed by atoms with E-state index in [1.54, 1.807) is 31.9 Å². The number of thiocarbonyl (C=S) groups is 1. The summed E-state index contributed by atoms with van der Waals surface area (Å²) in [6, 6.07) is 4.26. The quantitative estimate of drug-likeness (QED) is 0.596. The summed E-state index contributed by atoms with van der Waals surface area (Å²) in [7, 11) is 0. The van der Waals surface area contributed by atoms with Gasteiger partial charge in [-0.2, -0.15) is 13.2 Å². The number of amides is 1. The minimum Gasteiger partial charge on any atom is -0.460 e. The van der Waals surface area contributed by atoms with Gasteiger partial charge in [-0.1, -0.05) is 12.1 Å². The molecule has 10 heteroatoms. The molecule has 0 spiro atoms. The fourth-order valence-electron chi connectivity index (χ4n) is 3.42. The Kier molecular flexibility index (Phi) is 6.59. The highest BCUT2D eigenvalue weighted by molar-refractivity contribution is 7.80. The molecule has 0 aliphatic carbocycles. The van der Waals surface area contributed by atoms with Crippen molar-refractivity contribution in [3.63, 3.8) is 0 Å². The standard InChI is InChI=1S/C21H24F3N3O3S/c1-20(2,3)30-18(28)27-11-4-5-16(27)17(29-19(31)26-12-10-25-13-26)14-6-8-15(9-7-14)21(22,23)24/h6-10,12-13,16-17H,4-5,11H2,1-3H3/t16-,17?/m0/s1. The average molecular weight is 456 g/mol. The molecular formula is C21H24F3N3O3S. The molecule has 3 rings (SSSR count). The number of hydrogen-bond acceptors (Lipinski definition) is 5. The highest BCUT2D eigenvalue weighted by Gasteiger charge is 2.40. The molecule has 2 heterocycles. The summed E-state index contributed by atoms with van der Waals surface area (Å²) in [4.78, 5) is 18.2. The topological polar surface area (TPSA) is 56.6 Å². The molecule has 1 aromatic heterocycles. The van der Waals surface area contributed by atoms with Crippen LogP contribution in [0.25, 0.3) is 0 Å². The molecule has 1 fully saturated rings. The normalized spacial score (nSPS) is 18.0. The zero-order chi connectivity index (χ0) is 22.8. The van der Waals surface area contributed by atoms with E-state index in [1.165, 1.54) is 29.2 Å². The number of ether oxygens (including phenoxy) is 2. The van der Waals surface area contributed by atoms with Gasteiger partial charge in [0.1, 0.15) is 18.0 Å². The van der Waals surface area contributed by atoms with Crippen molar-refractivity contribution >= 4 is 23.5 Å². The second kappa shape index (κ2) is 8.86. The summed E-state index contributed by atoms with van der Waals surface area (Å²) >= 11 is 5.35. The van der Waals surface area contributed by atoms with Crippen LogP contribution < -0.4 is 0 Å². The van der Waals surface area contributed by atoms with E-state index in [0.29, 0.717) is 24.9 Å². The molecule has 1 aliphatic heterocycles. The van der Waals surface area contributed by atoms with Crippen LogP contribution >= 0.6 is 12.2 Å². The molecule has 1 aliphatic rings. The number of hydrogen-bond donors (Lipinski definition) is 0. The van der Waals surface area contributed by atoms with Gasteiger partial charge in [0.05, 0.1) is 11.6 Å². The molecule has 1 aromatic carbocycles. The summed E-state index contributed by atoms with van der Waals surface area (Å²) < 4.78 is 52.1. The minimum absolute atomic E-state index is 0.0819. The first-order valence-electron chi connectivity index (χ1n) is 9.81. The summed E-state index contributed by atoms with van der Waals surface area (Å²) in [5.74, 6) is 0. The molecule has 0 bridgehead atoms. The van der Waals surface area contributed by atoms with Gasteiger partial charge in [-0.05, 0) is 63.5 Å². The summed E-state index contributed by atoms with van der Waals surface area (Å²) in [5.41, 5.74) is -0.959. The van der Waals surface area contributed by atoms with Crippen LogP contribution in [-0.2, 0) is 15.7 Å². The molecule has 31 heavy (non-hydrogen) atoms. The van der Waals surface area contributed by atoms with Crippen molar-refractivity contribution in [2.75, 3.05) is 6.54 Å². The number of likely N-dealkylation sites (tertiary alicyclic amines) is 1. The van der Waals surface area contributed by atoms with Crippen molar-refractivity contribution in [2.24, 2.45) is 0 Å². The van der Waals surface area contributed by atoms with Crippen molar-refractivity contribution < 1.29 is 27.4 Å². The van der Waals surface area contributed by atoms with Crippen LogP contribution in [0.3, 0.4) is 0 Å². The Hall–Kier alpha value is -2.62. The van der Waals surface area contributed by atoms with Crippen LogP contribution in [-0.4, -0.2) is 43.9 Å². The van der Waals surface area contributed by atoms with E-state index < -0.39 is 35.6 Å². The maximum atomic E-state index is 13.0. The molecule has 1 saturated heterocycles. The fourth-order valence-corrected chi connectivity index (χ4v) is 3.63. The first-order valence-corrected chi connectivity index (χ1v) is 10.2. The molecule has 1 unspecified atom stereocenters. The number of nitrogens with zero attached hydrogens (tertiary/aromatic N) is 3. The fraction of sp³-hybridized carbons (Fsp3) is 0.476. The molecular weight excluding hydrogens is 431 g/mol. The number of carbonyl (C=O) groups excluding carboxylic acids is 1. The van der Waals surface area contributed by atoms with Gasteiger partial charge < -0.3 is 14.4 Å². The number of carbonyl (C=O) groups is 1. The summed E-state index contributed by atoms with van der Waals surface area (Å²) in [5, 5.41) is 0.0819. The van der Waals surface area contributed by atoms with Crippen LogP contribution in [0.2, 0.25) is 0 Å². The third kappa shape index (κ3) is 5.75. The number of imidazole rings is 1. The van der Waals surface area contributed by atoms with Gasteiger partial charge in [0.15, 0.2) is 0 Å². The van der Waals surface area contributed by atoms with Crippen LogP contribution in [0.1, 0.15) is 50.8 Å². The number of benzene rings is 1. The van der Waals surface area contributed by atoms with E-state index in [4.69, 9.17) is 21.7 Å². The van der Waals surface area contributed by atoms with E-state index in [1.807, 2.05) is 0 Å². The van der Waals surface area contributed by atoms with Gasteiger partial charge in [0, 0.05) is 18.9 Å². The van der Waals surface area contributed by atoms with Crippen molar-refractivity contribution in [3.05, 3.63) is 54.1 Å². The molecule has 168 valence electrons. The lowest BCUT2D eigenvalue weighted by Crippen LogP contribution is -2.43. The third-order valence-electron chi connectivity index (χ3n) is 4.79. The monoisotopic (exact) mass is 455 g/mol. The Morgan fingerprint density at radius 1 is 1.23 bits per heavy atom.